The molecule has 0 unspecified atom stereocenters. The van der Waals surface area contributed by atoms with Crippen LogP contribution in [0.3, 0.4) is 0 Å². The van der Waals surface area contributed by atoms with E-state index in [0.717, 1.165) is 0 Å². The highest BCUT2D eigenvalue weighted by Crippen LogP contribution is 2.16. The van der Waals surface area contributed by atoms with E-state index in [0.29, 0.717) is 12.8 Å². The van der Waals surface area contributed by atoms with Gasteiger partial charge in [0.2, 0.25) is 0 Å². The number of carbonyl (C=O) groups is 1. The maximum Gasteiger partial charge on any atom is 0.274 e. The number of aromatic nitrogens is 1. The van der Waals surface area contributed by atoms with Gasteiger partial charge in [0.05, 0.1) is 10.5 Å². The number of nitrogens with zero attached hydrogens (tertiary/aromatic N) is 1. The second-order valence-electron chi connectivity index (χ2n) is 3.49. The molecule has 5 nitrogen and oxygen atoms in total. The average Bonchev–Trinajstić information content (AvgIpc) is 2.78. The van der Waals surface area contributed by atoms with Gasteiger partial charge in [0.1, 0.15) is 6.26 Å². The summed E-state index contributed by atoms with van der Waals surface area (Å²) in [5.74, 6) is -0.328. The Labute approximate surface area is 99.4 Å². The van der Waals surface area contributed by atoms with E-state index < -0.39 is 5.54 Å². The quantitative estimate of drug-likeness (QED) is 0.758. The normalized spacial score (nSPS) is 11.1. The molecule has 0 aliphatic heterocycles. The second kappa shape index (κ2) is 5.07. The average molecular weight is 241 g/mol. The van der Waals surface area contributed by atoms with Crippen LogP contribution in [0.1, 0.15) is 37.2 Å². The second-order valence-corrected chi connectivity index (χ2v) is 3.93. The molecule has 1 amide bonds. The Kier molecular flexibility index (Phi) is 4.00. The number of hydrogen-bond acceptors (Lipinski definition) is 4. The summed E-state index contributed by atoms with van der Waals surface area (Å²) in [5.41, 5.74) is 5.24. The minimum atomic E-state index is -0.647. The number of nitrogens with two attached hydrogens (primary N) is 1. The molecule has 0 saturated heterocycles. The first-order valence-electron chi connectivity index (χ1n) is 5.08. The number of amides is 1. The summed E-state index contributed by atoms with van der Waals surface area (Å²) >= 11 is 4.99. The summed E-state index contributed by atoms with van der Waals surface area (Å²) in [6.07, 6.45) is 2.63. The van der Waals surface area contributed by atoms with E-state index in [9.17, 15) is 4.79 Å². The maximum absolute atomic E-state index is 11.8. The Hall–Kier alpha value is -1.43. The molecule has 0 spiro atoms. The summed E-state index contributed by atoms with van der Waals surface area (Å²) in [6.45, 7) is 3.84. The molecule has 1 aromatic rings. The molecule has 1 rings (SSSR count). The van der Waals surface area contributed by atoms with Crippen LogP contribution in [0.4, 0.5) is 0 Å². The van der Waals surface area contributed by atoms with Gasteiger partial charge in [-0.2, -0.15) is 0 Å². The highest BCUT2D eigenvalue weighted by molar-refractivity contribution is 7.80. The van der Waals surface area contributed by atoms with Gasteiger partial charge in [-0.15, -0.1) is 0 Å². The molecule has 1 heterocycles. The Morgan fingerprint density at radius 1 is 1.62 bits per heavy atom. The van der Waals surface area contributed by atoms with Crippen molar-refractivity contribution in [1.29, 1.82) is 0 Å². The molecule has 16 heavy (non-hydrogen) atoms. The van der Waals surface area contributed by atoms with E-state index in [1.165, 1.54) is 12.3 Å². The molecule has 0 atom stereocenters. The van der Waals surface area contributed by atoms with E-state index in [-0.39, 0.29) is 16.6 Å². The predicted octanol–water partition coefficient (Wildman–Crippen LogP) is 1.25. The zero-order valence-corrected chi connectivity index (χ0v) is 10.1. The molecule has 0 aliphatic rings. The van der Waals surface area contributed by atoms with Crippen molar-refractivity contribution >= 4 is 23.1 Å². The van der Waals surface area contributed by atoms with Crippen LogP contribution in [-0.4, -0.2) is 21.6 Å². The number of nitrogens with one attached hydrogen (secondary N) is 1. The smallest absolute Gasteiger partial charge is 0.274 e. The van der Waals surface area contributed by atoms with Gasteiger partial charge in [0, 0.05) is 6.07 Å². The molecule has 0 aliphatic carbocycles. The van der Waals surface area contributed by atoms with E-state index in [1.54, 1.807) is 0 Å². The highest BCUT2D eigenvalue weighted by Gasteiger charge is 2.32. The van der Waals surface area contributed by atoms with Gasteiger partial charge in [-0.3, -0.25) is 4.79 Å². The monoisotopic (exact) mass is 241 g/mol. The Bertz CT molecular complexity index is 371. The molecule has 88 valence electrons. The Balaban J connectivity index is 2.84. The van der Waals surface area contributed by atoms with Gasteiger partial charge in [-0.1, -0.05) is 31.2 Å². The fraction of sp³-hybridized carbons (Fsp3) is 0.500. The van der Waals surface area contributed by atoms with Crippen molar-refractivity contribution in [2.45, 2.75) is 32.2 Å². The van der Waals surface area contributed by atoms with Crippen LogP contribution in [-0.2, 0) is 0 Å². The lowest BCUT2D eigenvalue weighted by Gasteiger charge is -2.31. The lowest BCUT2D eigenvalue weighted by atomic mass is 9.92. The first kappa shape index (κ1) is 12.6. The molecule has 0 fully saturated rings. The van der Waals surface area contributed by atoms with Gasteiger partial charge < -0.3 is 15.6 Å². The van der Waals surface area contributed by atoms with Crippen LogP contribution in [0.5, 0.6) is 0 Å². The molecule has 0 aromatic carbocycles. The first-order valence-corrected chi connectivity index (χ1v) is 5.49. The van der Waals surface area contributed by atoms with Crippen molar-refractivity contribution in [3.8, 4) is 0 Å². The van der Waals surface area contributed by atoms with Crippen LogP contribution >= 0.6 is 12.2 Å². The summed E-state index contributed by atoms with van der Waals surface area (Å²) in [4.78, 5) is 12.1. The number of hydrogen-bond donors (Lipinski definition) is 2. The lowest BCUT2D eigenvalue weighted by molar-refractivity contribution is 0.0910. The number of thiocarbonyl (C=S) groups is 1. The van der Waals surface area contributed by atoms with Gasteiger partial charge in [0.15, 0.2) is 5.69 Å². The van der Waals surface area contributed by atoms with Crippen LogP contribution < -0.4 is 11.1 Å². The van der Waals surface area contributed by atoms with Crippen LogP contribution in [0.2, 0.25) is 0 Å². The van der Waals surface area contributed by atoms with Crippen LogP contribution in [0.25, 0.3) is 0 Å². The Morgan fingerprint density at radius 3 is 2.62 bits per heavy atom. The van der Waals surface area contributed by atoms with Gasteiger partial charge in [-0.05, 0) is 12.8 Å². The zero-order chi connectivity index (χ0) is 12.2. The topological polar surface area (TPSA) is 81.2 Å². The lowest BCUT2D eigenvalue weighted by Crippen LogP contribution is -2.56. The van der Waals surface area contributed by atoms with Crippen LogP contribution in [0.15, 0.2) is 16.9 Å². The molecule has 0 bridgehead atoms. The maximum atomic E-state index is 11.8. The molecule has 0 radical (unpaired) electrons. The summed E-state index contributed by atoms with van der Waals surface area (Å²) in [7, 11) is 0. The third kappa shape index (κ3) is 2.38. The Morgan fingerprint density at radius 2 is 2.25 bits per heavy atom. The predicted molar refractivity (Wildman–Crippen MR) is 64.1 cm³/mol. The zero-order valence-electron chi connectivity index (χ0n) is 9.32. The van der Waals surface area contributed by atoms with Crippen molar-refractivity contribution in [2.75, 3.05) is 0 Å². The molecule has 6 heteroatoms. The minimum Gasteiger partial charge on any atom is -0.391 e. The number of carbonyl (C=O) groups excluding carboxylic acids is 1. The third-order valence-corrected chi connectivity index (χ3v) is 3.09. The van der Waals surface area contributed by atoms with Crippen molar-refractivity contribution in [3.63, 3.8) is 0 Å². The fourth-order valence-electron chi connectivity index (χ4n) is 1.45. The highest BCUT2D eigenvalue weighted by atomic mass is 32.1. The van der Waals surface area contributed by atoms with E-state index in [4.69, 9.17) is 18.0 Å². The summed E-state index contributed by atoms with van der Waals surface area (Å²) < 4.78 is 4.60. The van der Waals surface area contributed by atoms with Gasteiger partial charge in [0.25, 0.3) is 5.91 Å². The first-order chi connectivity index (χ1) is 7.55. The number of rotatable bonds is 5. The summed E-state index contributed by atoms with van der Waals surface area (Å²) in [6, 6.07) is 1.49. The van der Waals surface area contributed by atoms with Gasteiger partial charge in [-0.25, -0.2) is 0 Å². The van der Waals surface area contributed by atoms with Crippen molar-refractivity contribution in [3.05, 3.63) is 18.0 Å². The largest absolute Gasteiger partial charge is 0.391 e. The van der Waals surface area contributed by atoms with E-state index in [2.05, 4.69) is 15.0 Å². The molecular formula is C10H15N3O2S. The van der Waals surface area contributed by atoms with Crippen molar-refractivity contribution in [1.82, 2.24) is 10.5 Å². The molecule has 1 aromatic heterocycles. The fourth-order valence-corrected chi connectivity index (χ4v) is 1.79. The van der Waals surface area contributed by atoms with Gasteiger partial charge >= 0.3 is 0 Å². The SMILES string of the molecule is CCC(CC)(NC(=O)c1ccon1)C(N)=S. The molecular weight excluding hydrogens is 226 g/mol. The standard InChI is InChI=1S/C10H15N3O2S/c1-3-10(4-2,9(11)16)12-8(14)7-5-6-15-13-7/h5-6H,3-4H2,1-2H3,(H2,11,16)(H,12,14). The van der Waals surface area contributed by atoms with E-state index in [1.807, 2.05) is 13.8 Å². The van der Waals surface area contributed by atoms with Crippen LogP contribution in [0, 0.1) is 0 Å². The minimum absolute atomic E-state index is 0.225. The van der Waals surface area contributed by atoms with Crippen molar-refractivity contribution in [2.24, 2.45) is 5.73 Å². The third-order valence-electron chi connectivity index (χ3n) is 2.70. The summed E-state index contributed by atoms with van der Waals surface area (Å²) in [5, 5.41) is 6.36. The van der Waals surface area contributed by atoms with E-state index >= 15 is 0 Å². The van der Waals surface area contributed by atoms with Crippen molar-refractivity contribution < 1.29 is 9.32 Å². The molecule has 3 N–H and O–H groups in total. The molecule has 0 saturated carbocycles.